The number of aromatic nitrogens is 1. The van der Waals surface area contributed by atoms with Gasteiger partial charge in [-0.05, 0) is 38.1 Å². The number of ketones is 1. The van der Waals surface area contributed by atoms with E-state index < -0.39 is 0 Å². The van der Waals surface area contributed by atoms with Crippen LogP contribution < -0.4 is 5.73 Å². The number of nitrogens with zero attached hydrogens (tertiary/aromatic N) is 1. The van der Waals surface area contributed by atoms with Crippen molar-refractivity contribution in [3.8, 4) is 11.3 Å². The lowest BCUT2D eigenvalue weighted by atomic mass is 10.1. The molecule has 0 aliphatic carbocycles. The predicted molar refractivity (Wildman–Crippen MR) is 79.8 cm³/mol. The fourth-order valence-electron chi connectivity index (χ4n) is 1.19. The maximum Gasteiger partial charge on any atom is 0.189 e. The molecule has 0 saturated heterocycles. The van der Waals surface area contributed by atoms with Crippen molar-refractivity contribution in [3.63, 3.8) is 0 Å². The third-order valence-corrected chi connectivity index (χ3v) is 3.04. The quantitative estimate of drug-likeness (QED) is 0.907. The number of aryl methyl sites for hydroxylation is 1. The van der Waals surface area contributed by atoms with Gasteiger partial charge in [0.15, 0.2) is 5.76 Å². The van der Waals surface area contributed by atoms with Gasteiger partial charge in [0, 0.05) is 16.5 Å². The SMILES string of the molecule is CCC(C)=O.Cc1noc(-c2ccc(Br)cc2)c1N. The Labute approximate surface area is 121 Å². The summed E-state index contributed by atoms with van der Waals surface area (Å²) in [6, 6.07) is 7.74. The number of nitrogen functional groups attached to an aromatic ring is 1. The van der Waals surface area contributed by atoms with Crippen molar-refractivity contribution in [1.82, 2.24) is 5.16 Å². The molecule has 0 aliphatic rings. The normalized spacial score (nSPS) is 9.68. The van der Waals surface area contributed by atoms with Crippen molar-refractivity contribution < 1.29 is 9.32 Å². The first-order valence-corrected chi connectivity index (χ1v) is 6.72. The average Bonchev–Trinajstić information content (AvgIpc) is 2.72. The van der Waals surface area contributed by atoms with Gasteiger partial charge in [-0.25, -0.2) is 0 Å². The topological polar surface area (TPSA) is 69.1 Å². The van der Waals surface area contributed by atoms with E-state index in [0.717, 1.165) is 15.7 Å². The van der Waals surface area contributed by atoms with E-state index in [1.807, 2.05) is 38.1 Å². The Balaban J connectivity index is 0.000000312. The summed E-state index contributed by atoms with van der Waals surface area (Å²) >= 11 is 3.36. The smallest absolute Gasteiger partial charge is 0.189 e. The van der Waals surface area contributed by atoms with Gasteiger partial charge in [0.2, 0.25) is 0 Å². The van der Waals surface area contributed by atoms with Crippen LogP contribution in [0.1, 0.15) is 26.0 Å². The number of halogens is 1. The van der Waals surface area contributed by atoms with Gasteiger partial charge in [0.1, 0.15) is 17.2 Å². The largest absolute Gasteiger partial charge is 0.394 e. The highest BCUT2D eigenvalue weighted by atomic mass is 79.9. The molecular formula is C14H17BrN2O2. The van der Waals surface area contributed by atoms with Crippen molar-refractivity contribution in [2.75, 3.05) is 5.73 Å². The number of rotatable bonds is 2. The van der Waals surface area contributed by atoms with E-state index in [1.165, 1.54) is 0 Å². The Morgan fingerprint density at radius 1 is 1.37 bits per heavy atom. The average molecular weight is 325 g/mol. The Kier molecular flexibility index (Phi) is 5.76. The van der Waals surface area contributed by atoms with Gasteiger partial charge in [-0.2, -0.15) is 0 Å². The number of benzene rings is 1. The van der Waals surface area contributed by atoms with E-state index in [0.29, 0.717) is 17.9 Å². The molecule has 0 radical (unpaired) electrons. The third-order valence-electron chi connectivity index (χ3n) is 2.51. The van der Waals surface area contributed by atoms with Gasteiger partial charge in [-0.1, -0.05) is 28.0 Å². The van der Waals surface area contributed by atoms with E-state index >= 15 is 0 Å². The highest BCUT2D eigenvalue weighted by Gasteiger charge is 2.10. The zero-order valence-electron chi connectivity index (χ0n) is 11.2. The fraction of sp³-hybridized carbons (Fsp3) is 0.286. The van der Waals surface area contributed by atoms with Crippen LogP contribution in [-0.2, 0) is 4.79 Å². The maximum absolute atomic E-state index is 9.81. The number of carbonyl (C=O) groups is 1. The summed E-state index contributed by atoms with van der Waals surface area (Å²) in [6.45, 7) is 5.25. The molecule has 2 N–H and O–H groups in total. The summed E-state index contributed by atoms with van der Waals surface area (Å²) < 4.78 is 6.15. The zero-order chi connectivity index (χ0) is 14.4. The molecule has 1 aromatic carbocycles. The molecule has 0 saturated carbocycles. The lowest BCUT2D eigenvalue weighted by molar-refractivity contribution is -0.116. The number of hydrogen-bond donors (Lipinski definition) is 1. The van der Waals surface area contributed by atoms with Crippen LogP contribution in [-0.4, -0.2) is 10.9 Å². The molecule has 5 heteroatoms. The molecule has 0 atom stereocenters. The molecule has 0 spiro atoms. The number of hydrogen-bond acceptors (Lipinski definition) is 4. The van der Waals surface area contributed by atoms with E-state index in [2.05, 4.69) is 21.1 Å². The highest BCUT2D eigenvalue weighted by Crippen LogP contribution is 2.28. The second-order valence-electron chi connectivity index (χ2n) is 4.07. The lowest BCUT2D eigenvalue weighted by Crippen LogP contribution is -1.87. The Morgan fingerprint density at radius 2 is 1.89 bits per heavy atom. The van der Waals surface area contributed by atoms with Crippen LogP contribution in [0.5, 0.6) is 0 Å². The van der Waals surface area contributed by atoms with Gasteiger partial charge in [-0.15, -0.1) is 0 Å². The molecule has 2 aromatic rings. The summed E-state index contributed by atoms with van der Waals surface area (Å²) in [4.78, 5) is 9.81. The molecule has 2 rings (SSSR count). The summed E-state index contributed by atoms with van der Waals surface area (Å²) in [5, 5.41) is 3.80. The Bertz CT molecular complexity index is 547. The van der Waals surface area contributed by atoms with Crippen LogP contribution in [0.2, 0.25) is 0 Å². The van der Waals surface area contributed by atoms with Crippen LogP contribution >= 0.6 is 15.9 Å². The van der Waals surface area contributed by atoms with E-state index in [4.69, 9.17) is 10.3 Å². The van der Waals surface area contributed by atoms with E-state index in [9.17, 15) is 4.79 Å². The molecule has 0 bridgehead atoms. The number of Topliss-reactive ketones (excluding diaryl/α,β-unsaturated/α-hetero) is 1. The van der Waals surface area contributed by atoms with Gasteiger partial charge in [0.25, 0.3) is 0 Å². The molecule has 1 aromatic heterocycles. The standard InChI is InChI=1S/C10H9BrN2O.C4H8O/c1-6-9(12)10(14-13-6)7-2-4-8(11)5-3-7;1-3-4(2)5/h2-5H,12H2,1H3;3H2,1-2H3. The van der Waals surface area contributed by atoms with Crippen molar-refractivity contribution in [2.24, 2.45) is 0 Å². The molecule has 102 valence electrons. The Morgan fingerprint density at radius 3 is 2.26 bits per heavy atom. The minimum Gasteiger partial charge on any atom is -0.394 e. The molecular weight excluding hydrogens is 308 g/mol. The minimum atomic E-state index is 0.255. The zero-order valence-corrected chi connectivity index (χ0v) is 12.8. The molecule has 1 heterocycles. The van der Waals surface area contributed by atoms with Crippen molar-refractivity contribution in [1.29, 1.82) is 0 Å². The van der Waals surface area contributed by atoms with Crippen LogP contribution in [0.3, 0.4) is 0 Å². The summed E-state index contributed by atoms with van der Waals surface area (Å²) in [5.41, 5.74) is 8.07. The van der Waals surface area contributed by atoms with Crippen LogP contribution in [0.4, 0.5) is 5.69 Å². The van der Waals surface area contributed by atoms with Gasteiger partial charge in [-0.3, -0.25) is 0 Å². The molecule has 19 heavy (non-hydrogen) atoms. The van der Waals surface area contributed by atoms with Crippen molar-refractivity contribution in [2.45, 2.75) is 27.2 Å². The van der Waals surface area contributed by atoms with Crippen molar-refractivity contribution in [3.05, 3.63) is 34.4 Å². The first-order chi connectivity index (χ1) is 8.95. The van der Waals surface area contributed by atoms with Crippen LogP contribution in [0.15, 0.2) is 33.3 Å². The molecule has 0 fully saturated rings. The van der Waals surface area contributed by atoms with Crippen molar-refractivity contribution >= 4 is 27.4 Å². The van der Waals surface area contributed by atoms with E-state index in [1.54, 1.807) is 6.92 Å². The summed E-state index contributed by atoms with van der Waals surface area (Å²) in [5.74, 6) is 0.889. The first kappa shape index (κ1) is 15.4. The molecule has 0 amide bonds. The molecule has 4 nitrogen and oxygen atoms in total. The second-order valence-corrected chi connectivity index (χ2v) is 4.99. The van der Waals surface area contributed by atoms with E-state index in [-0.39, 0.29) is 5.78 Å². The Hall–Kier alpha value is -1.62. The third kappa shape index (κ3) is 4.52. The highest BCUT2D eigenvalue weighted by molar-refractivity contribution is 9.10. The number of carbonyl (C=O) groups excluding carboxylic acids is 1. The summed E-state index contributed by atoms with van der Waals surface area (Å²) in [7, 11) is 0. The van der Waals surface area contributed by atoms with Gasteiger partial charge < -0.3 is 15.1 Å². The minimum absolute atomic E-state index is 0.255. The monoisotopic (exact) mass is 324 g/mol. The second kappa shape index (κ2) is 7.09. The lowest BCUT2D eigenvalue weighted by Gasteiger charge is -1.97. The van der Waals surface area contributed by atoms with Gasteiger partial charge in [0.05, 0.1) is 0 Å². The first-order valence-electron chi connectivity index (χ1n) is 5.92. The molecule has 0 aliphatic heterocycles. The fourth-order valence-corrected chi connectivity index (χ4v) is 1.45. The summed E-state index contributed by atoms with van der Waals surface area (Å²) in [6.07, 6.45) is 0.667. The van der Waals surface area contributed by atoms with Crippen LogP contribution in [0, 0.1) is 6.92 Å². The number of anilines is 1. The predicted octanol–water partition coefficient (Wildman–Crippen LogP) is 3.98. The van der Waals surface area contributed by atoms with Gasteiger partial charge >= 0.3 is 0 Å². The van der Waals surface area contributed by atoms with Crippen LogP contribution in [0.25, 0.3) is 11.3 Å². The maximum atomic E-state index is 9.81. The number of nitrogens with two attached hydrogens (primary N) is 1. The molecule has 0 unspecified atom stereocenters.